The van der Waals surface area contributed by atoms with Gasteiger partial charge in [-0.15, -0.1) is 0 Å². The Kier molecular flexibility index (Phi) is 8.14. The number of hydrogen-bond acceptors (Lipinski definition) is 2. The van der Waals surface area contributed by atoms with E-state index in [-0.39, 0.29) is 11.8 Å². The fraction of sp³-hybridized carbons (Fsp3) is 0.619. The molecule has 140 valence electrons. The summed E-state index contributed by atoms with van der Waals surface area (Å²) in [6.45, 7) is 15.3. The van der Waals surface area contributed by atoms with Crippen molar-refractivity contribution in [1.82, 2.24) is 5.32 Å². The van der Waals surface area contributed by atoms with E-state index in [0.717, 1.165) is 16.8 Å². The minimum absolute atomic E-state index is 0.00641. The Morgan fingerprint density at radius 3 is 1.92 bits per heavy atom. The highest BCUT2D eigenvalue weighted by atomic mass is 16.2. The molecule has 0 heterocycles. The fourth-order valence-corrected chi connectivity index (χ4v) is 2.87. The van der Waals surface area contributed by atoms with E-state index in [2.05, 4.69) is 65.1 Å². The van der Waals surface area contributed by atoms with E-state index in [1.54, 1.807) is 11.8 Å². The molecule has 4 nitrogen and oxygen atoms in total. The summed E-state index contributed by atoms with van der Waals surface area (Å²) < 4.78 is 0. The Morgan fingerprint density at radius 1 is 1.00 bits per heavy atom. The van der Waals surface area contributed by atoms with E-state index in [1.807, 2.05) is 0 Å². The van der Waals surface area contributed by atoms with Crippen LogP contribution in [-0.2, 0) is 9.59 Å². The van der Waals surface area contributed by atoms with Crippen molar-refractivity contribution in [3.05, 3.63) is 29.3 Å². The third-order valence-electron chi connectivity index (χ3n) is 4.26. The average Bonchev–Trinajstić information content (AvgIpc) is 2.52. The molecule has 0 atom stereocenters. The highest BCUT2D eigenvalue weighted by molar-refractivity contribution is 5.94. The van der Waals surface area contributed by atoms with Crippen LogP contribution in [0, 0.1) is 5.92 Å². The van der Waals surface area contributed by atoms with Crippen LogP contribution in [0.25, 0.3) is 0 Å². The van der Waals surface area contributed by atoms with Gasteiger partial charge in [0.15, 0.2) is 0 Å². The van der Waals surface area contributed by atoms with Crippen LogP contribution in [0.5, 0.6) is 0 Å². The number of carbonyl (C=O) groups excluding carboxylic acids is 2. The van der Waals surface area contributed by atoms with Crippen molar-refractivity contribution < 1.29 is 9.59 Å². The number of anilines is 1. The summed E-state index contributed by atoms with van der Waals surface area (Å²) >= 11 is 0. The second kappa shape index (κ2) is 9.59. The molecule has 0 aromatic heterocycles. The molecule has 0 saturated carbocycles. The van der Waals surface area contributed by atoms with E-state index in [9.17, 15) is 9.59 Å². The van der Waals surface area contributed by atoms with Crippen molar-refractivity contribution >= 4 is 17.5 Å². The maximum absolute atomic E-state index is 12.4. The first-order valence-corrected chi connectivity index (χ1v) is 9.32. The standard InChI is InChI=1S/C21H34N2O2/c1-14(2)13-22-20(25)11-12-23(17(7)24)21-18(15(3)4)9-8-10-19(21)16(5)6/h8-10,14-16H,11-13H2,1-7H3,(H,22,25). The van der Waals surface area contributed by atoms with Crippen molar-refractivity contribution in [2.45, 2.75) is 66.7 Å². The number of hydrogen-bond donors (Lipinski definition) is 1. The molecule has 0 bridgehead atoms. The molecular formula is C21H34N2O2. The van der Waals surface area contributed by atoms with E-state index in [4.69, 9.17) is 0 Å². The number of nitrogens with one attached hydrogen (secondary N) is 1. The number of benzene rings is 1. The fourth-order valence-electron chi connectivity index (χ4n) is 2.87. The summed E-state index contributed by atoms with van der Waals surface area (Å²) in [5.74, 6) is 1.01. The van der Waals surface area contributed by atoms with Gasteiger partial charge in [-0.25, -0.2) is 0 Å². The zero-order chi connectivity index (χ0) is 19.1. The second-order valence-corrected chi connectivity index (χ2v) is 7.71. The molecular weight excluding hydrogens is 312 g/mol. The lowest BCUT2D eigenvalue weighted by atomic mass is 9.91. The summed E-state index contributed by atoms with van der Waals surface area (Å²) in [6.07, 6.45) is 0.316. The quantitative estimate of drug-likeness (QED) is 0.756. The largest absolute Gasteiger partial charge is 0.356 e. The molecule has 0 unspecified atom stereocenters. The van der Waals surface area contributed by atoms with Crippen LogP contribution in [0.1, 0.15) is 77.8 Å². The summed E-state index contributed by atoms with van der Waals surface area (Å²) in [4.78, 5) is 26.2. The number of amides is 2. The lowest BCUT2D eigenvalue weighted by molar-refractivity contribution is -0.121. The van der Waals surface area contributed by atoms with Gasteiger partial charge in [0, 0.05) is 26.4 Å². The molecule has 0 radical (unpaired) electrons. The van der Waals surface area contributed by atoms with Gasteiger partial charge in [-0.2, -0.15) is 0 Å². The Labute approximate surface area is 153 Å². The van der Waals surface area contributed by atoms with Gasteiger partial charge < -0.3 is 10.2 Å². The van der Waals surface area contributed by atoms with Crippen LogP contribution < -0.4 is 10.2 Å². The van der Waals surface area contributed by atoms with Crippen LogP contribution in [0.4, 0.5) is 5.69 Å². The van der Waals surface area contributed by atoms with Crippen LogP contribution in [0.2, 0.25) is 0 Å². The minimum Gasteiger partial charge on any atom is -0.356 e. The van der Waals surface area contributed by atoms with Crippen LogP contribution in [0.3, 0.4) is 0 Å². The smallest absolute Gasteiger partial charge is 0.223 e. The van der Waals surface area contributed by atoms with E-state index < -0.39 is 0 Å². The van der Waals surface area contributed by atoms with Gasteiger partial charge in [0.05, 0.1) is 5.69 Å². The maximum Gasteiger partial charge on any atom is 0.223 e. The lowest BCUT2D eigenvalue weighted by Gasteiger charge is -2.29. The summed E-state index contributed by atoms with van der Waals surface area (Å²) in [6, 6.07) is 6.23. The van der Waals surface area contributed by atoms with Gasteiger partial charge >= 0.3 is 0 Å². The third kappa shape index (κ3) is 6.18. The molecule has 0 aliphatic heterocycles. The predicted octanol–water partition coefficient (Wildman–Crippen LogP) is 4.45. The monoisotopic (exact) mass is 346 g/mol. The first kappa shape index (κ1) is 21.2. The molecule has 0 fully saturated rings. The molecule has 0 aliphatic carbocycles. The van der Waals surface area contributed by atoms with Crippen LogP contribution in [-0.4, -0.2) is 24.9 Å². The first-order valence-electron chi connectivity index (χ1n) is 9.32. The topological polar surface area (TPSA) is 49.4 Å². The molecule has 0 saturated heterocycles. The first-order chi connectivity index (χ1) is 11.6. The van der Waals surface area contributed by atoms with Gasteiger partial charge in [0.2, 0.25) is 11.8 Å². The van der Waals surface area contributed by atoms with Crippen molar-refractivity contribution in [3.63, 3.8) is 0 Å². The Morgan fingerprint density at radius 2 is 1.52 bits per heavy atom. The molecule has 4 heteroatoms. The molecule has 1 aromatic carbocycles. The normalized spacial score (nSPS) is 11.3. The molecule has 0 aliphatic rings. The molecule has 1 aromatic rings. The second-order valence-electron chi connectivity index (χ2n) is 7.71. The SMILES string of the molecule is CC(=O)N(CCC(=O)NCC(C)C)c1c(C(C)C)cccc1C(C)C. The summed E-state index contributed by atoms with van der Waals surface area (Å²) in [5.41, 5.74) is 3.30. The van der Waals surface area contributed by atoms with Gasteiger partial charge in [-0.05, 0) is 28.9 Å². The van der Waals surface area contributed by atoms with Gasteiger partial charge in [0.1, 0.15) is 0 Å². The number of carbonyl (C=O) groups is 2. The highest BCUT2D eigenvalue weighted by Gasteiger charge is 2.22. The highest BCUT2D eigenvalue weighted by Crippen LogP contribution is 2.35. The Hall–Kier alpha value is -1.84. The Bertz CT molecular complexity index is 565. The van der Waals surface area contributed by atoms with Gasteiger partial charge in [-0.3, -0.25) is 9.59 Å². The van der Waals surface area contributed by atoms with Gasteiger partial charge in [-0.1, -0.05) is 59.7 Å². The van der Waals surface area contributed by atoms with E-state index in [1.165, 1.54) is 0 Å². The summed E-state index contributed by atoms with van der Waals surface area (Å²) in [5, 5.41) is 2.93. The molecule has 1 N–H and O–H groups in total. The lowest BCUT2D eigenvalue weighted by Crippen LogP contribution is -2.36. The molecule has 2 amide bonds. The van der Waals surface area contributed by atoms with Crippen molar-refractivity contribution in [1.29, 1.82) is 0 Å². The zero-order valence-electron chi connectivity index (χ0n) is 16.8. The minimum atomic E-state index is -0.0216. The van der Waals surface area contributed by atoms with Crippen molar-refractivity contribution in [2.24, 2.45) is 5.92 Å². The van der Waals surface area contributed by atoms with Gasteiger partial charge in [0.25, 0.3) is 0 Å². The third-order valence-corrected chi connectivity index (χ3v) is 4.26. The Balaban J connectivity index is 3.10. The maximum atomic E-state index is 12.4. The zero-order valence-corrected chi connectivity index (χ0v) is 16.8. The molecule has 0 spiro atoms. The number of nitrogens with zero attached hydrogens (tertiary/aromatic N) is 1. The molecule has 1 rings (SSSR count). The number of rotatable bonds is 8. The van der Waals surface area contributed by atoms with Crippen LogP contribution in [0.15, 0.2) is 18.2 Å². The molecule has 25 heavy (non-hydrogen) atoms. The van der Waals surface area contributed by atoms with E-state index in [0.29, 0.717) is 37.3 Å². The summed E-state index contributed by atoms with van der Waals surface area (Å²) in [7, 11) is 0. The predicted molar refractivity (Wildman–Crippen MR) is 105 cm³/mol. The van der Waals surface area contributed by atoms with E-state index >= 15 is 0 Å². The van der Waals surface area contributed by atoms with Crippen molar-refractivity contribution in [2.75, 3.05) is 18.0 Å². The van der Waals surface area contributed by atoms with Crippen molar-refractivity contribution in [3.8, 4) is 0 Å². The number of para-hydroxylation sites is 1. The van der Waals surface area contributed by atoms with Crippen LogP contribution >= 0.6 is 0 Å². The average molecular weight is 347 g/mol.